The maximum absolute atomic E-state index is 13.2. The van der Waals surface area contributed by atoms with Crippen LogP contribution in [0.4, 0.5) is 19.0 Å². The minimum absolute atomic E-state index is 0.0325. The van der Waals surface area contributed by atoms with E-state index in [4.69, 9.17) is 9.47 Å². The number of halogens is 3. The van der Waals surface area contributed by atoms with E-state index in [-0.39, 0.29) is 30.4 Å². The number of hydrogen-bond acceptors (Lipinski definition) is 4. The van der Waals surface area contributed by atoms with Crippen LogP contribution in [-0.2, 0) is 24.6 Å². The van der Waals surface area contributed by atoms with Crippen molar-refractivity contribution in [2.75, 3.05) is 12.4 Å². The lowest BCUT2D eigenvalue weighted by molar-refractivity contribution is -0.138. The van der Waals surface area contributed by atoms with Crippen LogP contribution in [0.3, 0.4) is 0 Å². The van der Waals surface area contributed by atoms with Crippen LogP contribution in [0, 0.1) is 0 Å². The molecule has 0 radical (unpaired) electrons. The lowest BCUT2D eigenvalue weighted by Crippen LogP contribution is -2.23. The number of anilines is 1. The van der Waals surface area contributed by atoms with E-state index in [9.17, 15) is 18.0 Å². The normalized spacial score (nSPS) is 15.9. The van der Waals surface area contributed by atoms with E-state index in [0.717, 1.165) is 17.2 Å². The van der Waals surface area contributed by atoms with E-state index in [1.807, 2.05) is 6.20 Å². The number of hydrogen-bond donors (Lipinski definition) is 1. The first-order valence-electron chi connectivity index (χ1n) is 9.55. The molecule has 0 spiro atoms. The molecule has 1 amide bonds. The Kier molecular flexibility index (Phi) is 5.34. The summed E-state index contributed by atoms with van der Waals surface area (Å²) in [5.41, 5.74) is 1.01. The second kappa shape index (κ2) is 7.98. The molecular formula is C22H20F3N3O3. The molecule has 1 aliphatic heterocycles. The predicted molar refractivity (Wildman–Crippen MR) is 107 cm³/mol. The van der Waals surface area contributed by atoms with Gasteiger partial charge in [-0.3, -0.25) is 9.48 Å². The number of rotatable bonds is 5. The summed E-state index contributed by atoms with van der Waals surface area (Å²) < 4.78 is 52.4. The molecule has 0 aliphatic carbocycles. The zero-order valence-corrected chi connectivity index (χ0v) is 16.9. The third-order valence-corrected chi connectivity index (χ3v) is 5.18. The van der Waals surface area contributed by atoms with Gasteiger partial charge in [0.25, 0.3) is 0 Å². The fraction of sp³-hybridized carbons (Fsp3) is 0.273. The Labute approximate surface area is 176 Å². The van der Waals surface area contributed by atoms with Gasteiger partial charge in [-0.2, -0.15) is 18.3 Å². The number of benzene rings is 2. The van der Waals surface area contributed by atoms with E-state index in [0.29, 0.717) is 17.3 Å². The zero-order valence-electron chi connectivity index (χ0n) is 16.9. The summed E-state index contributed by atoms with van der Waals surface area (Å²) in [6, 6.07) is 10.5. The number of fused-ring (bicyclic) bond motifs is 1. The van der Waals surface area contributed by atoms with Gasteiger partial charge in [0.05, 0.1) is 12.7 Å². The summed E-state index contributed by atoms with van der Waals surface area (Å²) in [4.78, 5) is 12.1. The SMILES string of the molecule is COc1cc(C2CC(=O)Nc3nn(C)cc32)ccc1OCc1ccccc1C(F)(F)F. The zero-order chi connectivity index (χ0) is 22.2. The molecule has 0 fully saturated rings. The van der Waals surface area contributed by atoms with Gasteiger partial charge in [0, 0.05) is 36.7 Å². The molecule has 4 rings (SSSR count). The number of carbonyl (C=O) groups is 1. The summed E-state index contributed by atoms with van der Waals surface area (Å²) in [5, 5.41) is 7.02. The van der Waals surface area contributed by atoms with Crippen molar-refractivity contribution in [3.8, 4) is 11.5 Å². The van der Waals surface area contributed by atoms with Crippen molar-refractivity contribution in [2.45, 2.75) is 25.1 Å². The topological polar surface area (TPSA) is 65.4 Å². The van der Waals surface area contributed by atoms with Crippen LogP contribution >= 0.6 is 0 Å². The van der Waals surface area contributed by atoms with Gasteiger partial charge in [-0.05, 0) is 23.8 Å². The molecule has 0 saturated carbocycles. The highest BCUT2D eigenvalue weighted by Crippen LogP contribution is 2.40. The number of methoxy groups -OCH3 is 1. The molecule has 1 N–H and O–H groups in total. The predicted octanol–water partition coefficient (Wildman–Crippen LogP) is 4.50. The Balaban J connectivity index is 1.60. The second-order valence-electron chi connectivity index (χ2n) is 7.27. The van der Waals surface area contributed by atoms with Gasteiger partial charge in [0.1, 0.15) is 6.61 Å². The standard InChI is InChI=1S/C22H20F3N3O3/c1-28-11-16-15(10-20(29)26-21(16)27-28)13-7-8-18(19(9-13)30-2)31-12-14-5-3-4-6-17(14)22(23,24)25/h3-9,11,15H,10,12H2,1-2H3,(H,26,27,29). The lowest BCUT2D eigenvalue weighted by Gasteiger charge is -2.23. The van der Waals surface area contributed by atoms with Crippen molar-refractivity contribution in [2.24, 2.45) is 7.05 Å². The molecule has 2 aromatic carbocycles. The molecule has 0 bridgehead atoms. The van der Waals surface area contributed by atoms with Crippen molar-refractivity contribution in [3.05, 3.63) is 70.9 Å². The molecule has 162 valence electrons. The Bertz CT molecular complexity index is 1120. The van der Waals surface area contributed by atoms with Gasteiger partial charge in [0.2, 0.25) is 5.91 Å². The van der Waals surface area contributed by atoms with Crippen molar-refractivity contribution in [1.29, 1.82) is 0 Å². The Morgan fingerprint density at radius 3 is 2.71 bits per heavy atom. The molecule has 9 heteroatoms. The number of nitrogens with zero attached hydrogens (tertiary/aromatic N) is 2. The Morgan fingerprint density at radius 1 is 1.19 bits per heavy atom. The van der Waals surface area contributed by atoms with E-state index < -0.39 is 11.7 Å². The summed E-state index contributed by atoms with van der Waals surface area (Å²) in [7, 11) is 3.23. The third-order valence-electron chi connectivity index (χ3n) is 5.18. The number of alkyl halides is 3. The molecule has 6 nitrogen and oxygen atoms in total. The Hall–Kier alpha value is -3.49. The number of nitrogens with one attached hydrogen (secondary N) is 1. The average molecular weight is 431 g/mol. The first kappa shape index (κ1) is 20.8. The van der Waals surface area contributed by atoms with E-state index in [1.165, 1.54) is 25.3 Å². The molecule has 31 heavy (non-hydrogen) atoms. The fourth-order valence-electron chi connectivity index (χ4n) is 3.73. The maximum Gasteiger partial charge on any atom is 0.416 e. The van der Waals surface area contributed by atoms with E-state index in [2.05, 4.69) is 10.4 Å². The molecule has 1 atom stereocenters. The fourth-order valence-corrected chi connectivity index (χ4v) is 3.73. The number of ether oxygens (including phenoxy) is 2. The molecular weight excluding hydrogens is 411 g/mol. The highest BCUT2D eigenvalue weighted by Gasteiger charge is 2.33. The van der Waals surface area contributed by atoms with Gasteiger partial charge in [0.15, 0.2) is 17.3 Å². The highest BCUT2D eigenvalue weighted by molar-refractivity contribution is 5.94. The number of aromatic nitrogens is 2. The molecule has 1 aliphatic rings. The van der Waals surface area contributed by atoms with Gasteiger partial charge < -0.3 is 14.8 Å². The first-order chi connectivity index (χ1) is 14.8. The molecule has 1 aromatic heterocycles. The number of amides is 1. The van der Waals surface area contributed by atoms with Crippen LogP contribution in [0.25, 0.3) is 0 Å². The van der Waals surface area contributed by atoms with Crippen molar-refractivity contribution in [1.82, 2.24) is 9.78 Å². The highest BCUT2D eigenvalue weighted by atomic mass is 19.4. The minimum Gasteiger partial charge on any atom is -0.493 e. The average Bonchev–Trinajstić information content (AvgIpc) is 3.11. The van der Waals surface area contributed by atoms with Crippen molar-refractivity contribution >= 4 is 11.7 Å². The van der Waals surface area contributed by atoms with E-state index >= 15 is 0 Å². The smallest absolute Gasteiger partial charge is 0.416 e. The van der Waals surface area contributed by atoms with E-state index in [1.54, 1.807) is 29.9 Å². The quantitative estimate of drug-likeness (QED) is 0.646. The van der Waals surface area contributed by atoms with Crippen LogP contribution < -0.4 is 14.8 Å². The maximum atomic E-state index is 13.2. The third kappa shape index (κ3) is 4.21. The largest absolute Gasteiger partial charge is 0.493 e. The Morgan fingerprint density at radius 2 is 1.97 bits per heavy atom. The van der Waals surface area contributed by atoms with Crippen LogP contribution in [0.2, 0.25) is 0 Å². The summed E-state index contributed by atoms with van der Waals surface area (Å²) in [6.07, 6.45) is -2.36. The number of carbonyl (C=O) groups excluding carboxylic acids is 1. The molecule has 1 unspecified atom stereocenters. The summed E-state index contributed by atoms with van der Waals surface area (Å²) in [5.74, 6) is 0.853. The van der Waals surface area contributed by atoms with Crippen molar-refractivity contribution in [3.63, 3.8) is 0 Å². The molecule has 2 heterocycles. The van der Waals surface area contributed by atoms with Gasteiger partial charge in [-0.1, -0.05) is 24.3 Å². The van der Waals surface area contributed by atoms with Gasteiger partial charge in [-0.15, -0.1) is 0 Å². The van der Waals surface area contributed by atoms with Crippen molar-refractivity contribution < 1.29 is 27.4 Å². The minimum atomic E-state index is -4.46. The molecule has 3 aromatic rings. The molecule has 0 saturated heterocycles. The summed E-state index contributed by atoms with van der Waals surface area (Å²) >= 11 is 0. The monoisotopic (exact) mass is 431 g/mol. The van der Waals surface area contributed by atoms with Crippen LogP contribution in [0.5, 0.6) is 11.5 Å². The number of aryl methyl sites for hydroxylation is 1. The van der Waals surface area contributed by atoms with Gasteiger partial charge in [-0.25, -0.2) is 0 Å². The first-order valence-corrected chi connectivity index (χ1v) is 9.55. The lowest BCUT2D eigenvalue weighted by atomic mass is 9.87. The van der Waals surface area contributed by atoms with Crippen LogP contribution in [0.1, 0.15) is 34.6 Å². The van der Waals surface area contributed by atoms with Gasteiger partial charge >= 0.3 is 6.18 Å². The van der Waals surface area contributed by atoms with Crippen LogP contribution in [-0.4, -0.2) is 22.8 Å². The van der Waals surface area contributed by atoms with Crippen LogP contribution in [0.15, 0.2) is 48.7 Å². The summed E-state index contributed by atoms with van der Waals surface area (Å²) in [6.45, 7) is -0.260. The second-order valence-corrected chi connectivity index (χ2v) is 7.27.